The number of amides is 1. The summed E-state index contributed by atoms with van der Waals surface area (Å²) in [4.78, 5) is 19.6. The number of hydrogen-bond donors (Lipinski definition) is 0. The number of hydrogen-bond acceptors (Lipinski definition) is 6. The third-order valence-electron chi connectivity index (χ3n) is 6.77. The number of aryl methyl sites for hydroxylation is 1. The standard InChI is InChI=1S/C25H28N4O4S/c1-18-6-2-3-7-22(18)25(30)28-16-12-19(13-17-28)23-26-24(33-27-23)20-8-10-21(11-9-20)34(31,32)29-14-4-5-15-29/h2-3,6-11,19H,4-5,12-17H2,1H3. The zero-order chi connectivity index (χ0) is 23.7. The minimum Gasteiger partial charge on any atom is -0.339 e. The zero-order valence-corrected chi connectivity index (χ0v) is 20.0. The van der Waals surface area contributed by atoms with Gasteiger partial charge in [-0.2, -0.15) is 9.29 Å². The van der Waals surface area contributed by atoms with Gasteiger partial charge in [0.1, 0.15) is 0 Å². The van der Waals surface area contributed by atoms with Gasteiger partial charge in [0.15, 0.2) is 5.82 Å². The van der Waals surface area contributed by atoms with Gasteiger partial charge < -0.3 is 9.42 Å². The lowest BCUT2D eigenvalue weighted by molar-refractivity contribution is 0.0710. The normalized spacial score (nSPS) is 17.9. The molecule has 0 spiro atoms. The molecule has 2 aliphatic rings. The summed E-state index contributed by atoms with van der Waals surface area (Å²) in [6.45, 7) is 4.39. The van der Waals surface area contributed by atoms with Crippen molar-refractivity contribution in [2.75, 3.05) is 26.2 Å². The minimum atomic E-state index is -3.45. The molecule has 2 saturated heterocycles. The highest BCUT2D eigenvalue weighted by Crippen LogP contribution is 2.30. The molecule has 0 aliphatic carbocycles. The molecule has 34 heavy (non-hydrogen) atoms. The summed E-state index contributed by atoms with van der Waals surface area (Å²) in [5, 5.41) is 4.18. The molecule has 2 aliphatic heterocycles. The Bertz CT molecular complexity index is 1270. The Balaban J connectivity index is 1.23. The smallest absolute Gasteiger partial charge is 0.257 e. The maximum absolute atomic E-state index is 12.9. The molecule has 0 unspecified atom stereocenters. The lowest BCUT2D eigenvalue weighted by atomic mass is 9.95. The molecule has 0 saturated carbocycles. The molecule has 3 aromatic rings. The molecule has 1 amide bonds. The number of sulfonamides is 1. The van der Waals surface area contributed by atoms with Gasteiger partial charge in [0.05, 0.1) is 4.90 Å². The van der Waals surface area contributed by atoms with Crippen molar-refractivity contribution in [1.82, 2.24) is 19.3 Å². The second-order valence-corrected chi connectivity index (χ2v) is 10.9. The van der Waals surface area contributed by atoms with Gasteiger partial charge in [0.25, 0.3) is 11.8 Å². The number of benzene rings is 2. The van der Waals surface area contributed by atoms with Crippen LogP contribution in [0.5, 0.6) is 0 Å². The van der Waals surface area contributed by atoms with E-state index in [1.807, 2.05) is 36.1 Å². The van der Waals surface area contributed by atoms with Gasteiger partial charge >= 0.3 is 0 Å². The number of nitrogens with zero attached hydrogens (tertiary/aromatic N) is 4. The molecule has 0 bridgehead atoms. The van der Waals surface area contributed by atoms with Gasteiger partial charge in [-0.05, 0) is 68.5 Å². The van der Waals surface area contributed by atoms with Crippen molar-refractivity contribution in [1.29, 1.82) is 0 Å². The van der Waals surface area contributed by atoms with Gasteiger partial charge in [0.2, 0.25) is 10.0 Å². The van der Waals surface area contributed by atoms with E-state index in [2.05, 4.69) is 10.1 Å². The first-order chi connectivity index (χ1) is 16.4. The third kappa shape index (κ3) is 4.37. The Morgan fingerprint density at radius 3 is 2.32 bits per heavy atom. The van der Waals surface area contributed by atoms with E-state index in [0.29, 0.717) is 43.5 Å². The Morgan fingerprint density at radius 1 is 0.971 bits per heavy atom. The molecule has 9 heteroatoms. The predicted octanol–water partition coefficient (Wildman–Crippen LogP) is 3.85. The maximum Gasteiger partial charge on any atom is 0.257 e. The van der Waals surface area contributed by atoms with Gasteiger partial charge in [-0.25, -0.2) is 8.42 Å². The summed E-state index contributed by atoms with van der Waals surface area (Å²) in [7, 11) is -3.45. The fourth-order valence-corrected chi connectivity index (χ4v) is 6.21. The van der Waals surface area contributed by atoms with Crippen LogP contribution in [-0.4, -0.2) is 59.8 Å². The van der Waals surface area contributed by atoms with Crippen LogP contribution in [-0.2, 0) is 10.0 Å². The number of carbonyl (C=O) groups excluding carboxylic acids is 1. The molecule has 0 radical (unpaired) electrons. The number of piperidine rings is 1. The Morgan fingerprint density at radius 2 is 1.65 bits per heavy atom. The molecule has 2 aromatic carbocycles. The van der Waals surface area contributed by atoms with Gasteiger partial charge in [-0.1, -0.05) is 23.4 Å². The number of carbonyl (C=O) groups is 1. The highest BCUT2D eigenvalue weighted by Gasteiger charge is 2.29. The molecule has 178 valence electrons. The number of aromatic nitrogens is 2. The fraction of sp³-hybridized carbons (Fsp3) is 0.400. The van der Waals surface area contributed by atoms with Gasteiger partial charge in [-0.3, -0.25) is 4.79 Å². The summed E-state index contributed by atoms with van der Waals surface area (Å²) in [6, 6.07) is 14.3. The average molecular weight is 481 g/mol. The van der Waals surface area contributed by atoms with Crippen molar-refractivity contribution in [2.24, 2.45) is 0 Å². The van der Waals surface area contributed by atoms with E-state index in [4.69, 9.17) is 4.52 Å². The SMILES string of the molecule is Cc1ccccc1C(=O)N1CCC(c2noc(-c3ccc(S(=O)(=O)N4CCCC4)cc3)n2)CC1. The van der Waals surface area contributed by atoms with E-state index in [1.54, 1.807) is 24.3 Å². The summed E-state index contributed by atoms with van der Waals surface area (Å²) in [5.41, 5.74) is 2.42. The van der Waals surface area contributed by atoms with E-state index in [-0.39, 0.29) is 16.7 Å². The third-order valence-corrected chi connectivity index (χ3v) is 8.68. The van der Waals surface area contributed by atoms with Gasteiger partial charge in [-0.15, -0.1) is 0 Å². The van der Waals surface area contributed by atoms with Crippen LogP contribution in [0.4, 0.5) is 0 Å². The molecule has 0 atom stereocenters. The lowest BCUT2D eigenvalue weighted by Crippen LogP contribution is -2.38. The Hall–Kier alpha value is -3.04. The topological polar surface area (TPSA) is 96.6 Å². The first-order valence-corrected chi connectivity index (χ1v) is 13.2. The second-order valence-electron chi connectivity index (χ2n) is 8.97. The Labute approximate surface area is 199 Å². The van der Waals surface area contributed by atoms with Crippen molar-refractivity contribution < 1.29 is 17.7 Å². The lowest BCUT2D eigenvalue weighted by Gasteiger charge is -2.31. The molecular weight excluding hydrogens is 452 g/mol. The van der Waals surface area contributed by atoms with Crippen molar-refractivity contribution in [3.05, 3.63) is 65.5 Å². The summed E-state index contributed by atoms with van der Waals surface area (Å²) >= 11 is 0. The quantitative estimate of drug-likeness (QED) is 0.550. The van der Waals surface area contributed by atoms with Crippen LogP contribution in [0.2, 0.25) is 0 Å². The maximum atomic E-state index is 12.9. The molecular formula is C25H28N4O4S. The highest BCUT2D eigenvalue weighted by atomic mass is 32.2. The van der Waals surface area contributed by atoms with Crippen LogP contribution < -0.4 is 0 Å². The highest BCUT2D eigenvalue weighted by molar-refractivity contribution is 7.89. The minimum absolute atomic E-state index is 0.0642. The molecule has 5 rings (SSSR count). The van der Waals surface area contributed by atoms with Crippen LogP contribution >= 0.6 is 0 Å². The van der Waals surface area contributed by atoms with E-state index in [0.717, 1.165) is 36.8 Å². The van der Waals surface area contributed by atoms with Crippen LogP contribution in [0.1, 0.15) is 53.3 Å². The zero-order valence-electron chi connectivity index (χ0n) is 19.2. The fourth-order valence-electron chi connectivity index (χ4n) is 4.69. The first kappa shape index (κ1) is 22.7. The van der Waals surface area contributed by atoms with E-state index in [9.17, 15) is 13.2 Å². The van der Waals surface area contributed by atoms with Crippen LogP contribution in [0.25, 0.3) is 11.5 Å². The molecule has 8 nitrogen and oxygen atoms in total. The summed E-state index contributed by atoms with van der Waals surface area (Å²) in [5.74, 6) is 1.19. The van der Waals surface area contributed by atoms with Crippen LogP contribution in [0, 0.1) is 6.92 Å². The van der Waals surface area contributed by atoms with E-state index < -0.39 is 10.0 Å². The van der Waals surface area contributed by atoms with Crippen molar-refractivity contribution in [2.45, 2.75) is 43.4 Å². The largest absolute Gasteiger partial charge is 0.339 e. The van der Waals surface area contributed by atoms with E-state index in [1.165, 1.54) is 4.31 Å². The first-order valence-electron chi connectivity index (χ1n) is 11.7. The van der Waals surface area contributed by atoms with Crippen LogP contribution in [0.15, 0.2) is 57.9 Å². The summed E-state index contributed by atoms with van der Waals surface area (Å²) < 4.78 is 32.5. The van der Waals surface area contributed by atoms with Crippen molar-refractivity contribution >= 4 is 15.9 Å². The molecule has 1 aromatic heterocycles. The monoisotopic (exact) mass is 480 g/mol. The molecule has 2 fully saturated rings. The predicted molar refractivity (Wildman–Crippen MR) is 127 cm³/mol. The van der Waals surface area contributed by atoms with Crippen molar-refractivity contribution in [3.63, 3.8) is 0 Å². The van der Waals surface area contributed by atoms with E-state index >= 15 is 0 Å². The molecule has 0 N–H and O–H groups in total. The second kappa shape index (κ2) is 9.31. The summed E-state index contributed by atoms with van der Waals surface area (Å²) in [6.07, 6.45) is 3.34. The Kier molecular flexibility index (Phi) is 6.22. The van der Waals surface area contributed by atoms with Gasteiger partial charge in [0, 0.05) is 43.2 Å². The average Bonchev–Trinajstić information content (AvgIpc) is 3.57. The molecule has 3 heterocycles. The number of rotatable bonds is 5. The number of likely N-dealkylation sites (tertiary alicyclic amines) is 1. The van der Waals surface area contributed by atoms with Crippen LogP contribution in [0.3, 0.4) is 0 Å². The van der Waals surface area contributed by atoms with Crippen molar-refractivity contribution in [3.8, 4) is 11.5 Å².